The number of ether oxygens (including phenoxy) is 4. The highest BCUT2D eigenvalue weighted by atomic mass is 32.1. The molecule has 2 aromatic heterocycles. The van der Waals surface area contributed by atoms with Gasteiger partial charge in [0.2, 0.25) is 11.8 Å². The highest BCUT2D eigenvalue weighted by Gasteiger charge is 2.42. The van der Waals surface area contributed by atoms with Crippen LogP contribution in [-0.4, -0.2) is 178 Å². The lowest BCUT2D eigenvalue weighted by molar-refractivity contribution is -0.147. The van der Waals surface area contributed by atoms with Crippen molar-refractivity contribution >= 4 is 69.8 Å². The molecule has 654 valence electrons. The van der Waals surface area contributed by atoms with Crippen molar-refractivity contribution < 1.29 is 80.7 Å². The zero-order chi connectivity index (χ0) is 87.2. The quantitative estimate of drug-likeness (QED) is 0.0258. The minimum Gasteiger partial charge on any atom is -0.481 e. The number of carboxylic acids is 2. The maximum absolute atomic E-state index is 15.1. The number of rotatable bonds is 46. The lowest BCUT2D eigenvalue weighted by Gasteiger charge is -2.40. The molecule has 27 heteroatoms. The van der Waals surface area contributed by atoms with E-state index in [-0.39, 0.29) is 128 Å². The number of aryl methyl sites for hydroxylation is 1. The number of halogens is 3. The highest BCUT2D eigenvalue weighted by molar-refractivity contribution is 7.10. The zero-order valence-corrected chi connectivity index (χ0v) is 73.9. The number of alkyl halides is 3. The average molecular weight is 1690 g/mol. The van der Waals surface area contributed by atoms with Crippen molar-refractivity contribution in [1.29, 1.82) is 0 Å². The summed E-state index contributed by atoms with van der Waals surface area (Å²) in [6, 6.07) is 30.0. The van der Waals surface area contributed by atoms with E-state index in [1.54, 1.807) is 24.8 Å². The molecule has 22 nitrogen and oxygen atoms in total. The number of likely N-dealkylation sites (tertiary alicyclic amines) is 2. The van der Waals surface area contributed by atoms with Gasteiger partial charge in [0.15, 0.2) is 11.6 Å². The third-order valence-corrected chi connectivity index (χ3v) is 25.5. The summed E-state index contributed by atoms with van der Waals surface area (Å²) < 4.78 is 62.9. The summed E-state index contributed by atoms with van der Waals surface area (Å²) in [5, 5.41) is 29.5. The number of carbonyl (C=O) groups excluding carboxylic acids is 6. The number of carboxylic acid groups (broad SMARTS) is 2. The highest BCUT2D eigenvalue weighted by Crippen LogP contribution is 2.38. The van der Waals surface area contributed by atoms with Gasteiger partial charge in [0.1, 0.15) is 47.2 Å². The number of hydrogen-bond acceptors (Lipinski definition) is 18. The first-order valence-corrected chi connectivity index (χ1v) is 44.0. The van der Waals surface area contributed by atoms with Crippen molar-refractivity contribution in [2.75, 3.05) is 55.0 Å². The number of benzene rings is 4. The second-order valence-electron chi connectivity index (χ2n) is 33.5. The van der Waals surface area contributed by atoms with Crippen LogP contribution in [0.25, 0.3) is 0 Å². The first-order valence-electron chi connectivity index (χ1n) is 42.2. The Kier molecular flexibility index (Phi) is 39.9. The number of methoxy groups -OCH3 is 2. The number of aromatic nitrogens is 2. The fraction of sp³-hybridized carbons (Fsp3) is 0.587. The number of piperidine rings is 2. The Morgan fingerprint density at radius 2 is 0.899 bits per heavy atom. The summed E-state index contributed by atoms with van der Waals surface area (Å²) in [6.07, 6.45) is 3.27. The van der Waals surface area contributed by atoms with Gasteiger partial charge in [-0.05, 0) is 144 Å². The van der Waals surface area contributed by atoms with Crippen LogP contribution in [0.1, 0.15) is 236 Å². The smallest absolute Gasteiger partial charge is 0.416 e. The van der Waals surface area contributed by atoms with Crippen LogP contribution in [0.5, 0.6) is 0 Å². The summed E-state index contributed by atoms with van der Waals surface area (Å²) in [5.41, 5.74) is 4.00. The van der Waals surface area contributed by atoms with Crippen molar-refractivity contribution in [3.05, 3.63) is 175 Å². The number of aliphatic carboxylic acids is 2. The molecule has 4 amide bonds. The zero-order valence-electron chi connectivity index (χ0n) is 72.3. The van der Waals surface area contributed by atoms with E-state index < -0.39 is 83.5 Å². The minimum atomic E-state index is -4.51. The van der Waals surface area contributed by atoms with E-state index in [0.29, 0.717) is 47.9 Å². The van der Waals surface area contributed by atoms with Crippen LogP contribution >= 0.6 is 22.7 Å². The third-order valence-electron chi connectivity index (χ3n) is 23.6. The van der Waals surface area contributed by atoms with Gasteiger partial charge in [0.05, 0.1) is 29.5 Å². The first kappa shape index (κ1) is 98.0. The van der Waals surface area contributed by atoms with Gasteiger partial charge < -0.3 is 49.6 Å². The molecule has 14 atom stereocenters. The maximum atomic E-state index is 15.1. The topological polar surface area (TPSA) is 277 Å². The second-order valence-corrected chi connectivity index (χ2v) is 35.2. The molecular formula is C92H129F3N8O14S2. The van der Waals surface area contributed by atoms with Crippen LogP contribution in [-0.2, 0) is 79.8 Å². The van der Waals surface area contributed by atoms with Gasteiger partial charge >= 0.3 is 18.1 Å². The second kappa shape index (κ2) is 48.5. The Labute approximate surface area is 710 Å². The van der Waals surface area contributed by atoms with Crippen LogP contribution in [0.3, 0.4) is 0 Å². The average Bonchev–Trinajstić information content (AvgIpc) is 1.80. The molecule has 6 unspecified atom stereocenters. The first-order chi connectivity index (χ1) is 56.6. The lowest BCUT2D eigenvalue weighted by Crippen LogP contribution is -2.49. The molecule has 0 spiro atoms. The molecule has 2 saturated heterocycles. The summed E-state index contributed by atoms with van der Waals surface area (Å²) in [5.74, 6) is -5.52. The van der Waals surface area contributed by atoms with Gasteiger partial charge in [-0.15, -0.1) is 22.7 Å². The number of thiazole rings is 2. The number of likely N-dealkylation sites (N-methyl/N-ethyl adjacent to an activating group) is 2. The summed E-state index contributed by atoms with van der Waals surface area (Å²) >= 11 is 2.51. The molecule has 8 rings (SSSR count). The van der Waals surface area contributed by atoms with Crippen molar-refractivity contribution in [3.8, 4) is 0 Å². The molecule has 6 aromatic rings. The van der Waals surface area contributed by atoms with Crippen molar-refractivity contribution in [2.45, 2.75) is 247 Å². The standard InChI is InChI=1S/C46H63F3N4O7S.C46H66N4O7S/c1-8-30(4)36(24-40(54)38-16-12-13-21-52(38)6)44(56)53(26-33-14-10-9-11-15-33)39(29(2)3)25-41(60-28-59-7)43-51-37(27-61-43)42(55)50-35(22-31(5)45(57)58)23-32-17-19-34(20-18-32)46(47,48)49;1-9-32(5)37(25-41(51)39-17-13-14-22-49(39)7)45(53)50(27-35-15-11-10-12-16-35)40(30(2)3)26-42(57-29-56-8)44-48-38(28-58-44)43(52)47-36(23-33(6)46(54)55)24-34-20-18-31(4)19-21-34/h9-11,14-15,17-20,27,29-31,35-36,38-39,41H,8,12-13,16,21-26,28H2,1-7H3,(H,50,55)(H,57,58);10-12,15-16,18-21,28,30,32-33,36-37,39-40,42H,9,13-14,17,22-27,29H2,1-8H3,(H,47,52)(H,54,55)/t30?,31-,35+,36?,38?,39+,41+;32?,33-,36+,37?,39?,40+,42+/m00/s1. The van der Waals surface area contributed by atoms with E-state index in [1.165, 1.54) is 48.8 Å². The van der Waals surface area contributed by atoms with Crippen LogP contribution < -0.4 is 10.6 Å². The third kappa shape index (κ3) is 30.2. The van der Waals surface area contributed by atoms with Gasteiger partial charge in [-0.3, -0.25) is 48.2 Å². The van der Waals surface area contributed by atoms with Crippen molar-refractivity contribution in [3.63, 3.8) is 0 Å². The Balaban J connectivity index is 0.000000329. The molecule has 0 aliphatic carbocycles. The normalized spacial score (nSPS) is 17.8. The maximum Gasteiger partial charge on any atom is 0.416 e. The molecule has 4 N–H and O–H groups in total. The molecule has 119 heavy (non-hydrogen) atoms. The van der Waals surface area contributed by atoms with Gasteiger partial charge in [-0.25, -0.2) is 9.97 Å². The Morgan fingerprint density at radius 3 is 1.23 bits per heavy atom. The molecule has 2 fully saturated rings. The molecule has 0 radical (unpaired) electrons. The van der Waals surface area contributed by atoms with Crippen molar-refractivity contribution in [2.24, 2.45) is 47.3 Å². The van der Waals surface area contributed by atoms with E-state index in [4.69, 9.17) is 23.9 Å². The van der Waals surface area contributed by atoms with Gasteiger partial charge in [-0.2, -0.15) is 13.2 Å². The lowest BCUT2D eigenvalue weighted by atomic mass is 9.82. The van der Waals surface area contributed by atoms with E-state index in [2.05, 4.69) is 53.1 Å². The van der Waals surface area contributed by atoms with E-state index >= 15 is 9.59 Å². The van der Waals surface area contributed by atoms with Crippen LogP contribution in [0.4, 0.5) is 13.2 Å². The predicted molar refractivity (Wildman–Crippen MR) is 457 cm³/mol. The predicted octanol–water partition coefficient (Wildman–Crippen LogP) is 16.9. The molecule has 0 bridgehead atoms. The van der Waals surface area contributed by atoms with E-state index in [1.807, 2.05) is 143 Å². The Bertz CT molecular complexity index is 4130. The molecule has 2 aliphatic rings. The summed E-state index contributed by atoms with van der Waals surface area (Å²) in [7, 11) is 7.03. The number of ketones is 2. The molecular weight excluding hydrogens is 1560 g/mol. The number of nitrogens with zero attached hydrogens (tertiary/aromatic N) is 6. The van der Waals surface area contributed by atoms with Gasteiger partial charge in [-0.1, -0.05) is 198 Å². The number of nitrogens with one attached hydrogen (secondary N) is 2. The SMILES string of the molecule is CCC(C)C(CC(=O)C1CCCCN1C)C(=O)N(Cc1ccccc1)[C@H](C[C@@H](OCOC)c1nc(C(=O)N[C@@H](Cc2ccc(C(F)(F)F)cc2)C[C@H](C)C(=O)O)cs1)C(C)C.CCC(C)C(CC(=O)C1CCCCN1C)C(=O)N(Cc1ccccc1)[C@H](C[C@@H](OCOC)c1nc(C(=O)N[C@@H](Cc2ccc(C)cc2)C[C@H](C)C(=O)O)cs1)C(C)C. The number of Topliss-reactive ketones (excluding diaryl/α,β-unsaturated/α-hetero) is 2. The van der Waals surface area contributed by atoms with Crippen molar-refractivity contribution in [1.82, 2.24) is 40.2 Å². The number of carbonyl (C=O) groups is 8. The van der Waals surface area contributed by atoms with Gasteiger partial charge in [0.25, 0.3) is 11.8 Å². The summed E-state index contributed by atoms with van der Waals surface area (Å²) in [4.78, 5) is 127. The summed E-state index contributed by atoms with van der Waals surface area (Å²) in [6.45, 7) is 23.9. The minimum absolute atomic E-state index is 0.000516. The molecule has 4 aromatic carbocycles. The number of hydrogen-bond donors (Lipinski definition) is 4. The molecule has 2 aliphatic heterocycles. The Hall–Kier alpha value is -8.15. The van der Waals surface area contributed by atoms with Crippen LogP contribution in [0.2, 0.25) is 0 Å². The monoisotopic (exact) mass is 1690 g/mol. The van der Waals surface area contributed by atoms with Crippen LogP contribution in [0.15, 0.2) is 120 Å². The number of amides is 4. The Morgan fingerprint density at radius 1 is 0.529 bits per heavy atom. The fourth-order valence-electron chi connectivity index (χ4n) is 15.9. The molecule has 0 saturated carbocycles. The van der Waals surface area contributed by atoms with Crippen LogP contribution in [0, 0.1) is 54.3 Å². The van der Waals surface area contributed by atoms with E-state index in [9.17, 15) is 52.2 Å². The fourth-order valence-corrected chi connectivity index (χ4v) is 17.6. The van der Waals surface area contributed by atoms with E-state index in [0.717, 1.165) is 98.8 Å². The van der Waals surface area contributed by atoms with Gasteiger partial charge in [0, 0.05) is 99.8 Å². The molecule has 4 heterocycles. The largest absolute Gasteiger partial charge is 0.481 e.